The number of carbonyl (C=O) groups is 2. The summed E-state index contributed by atoms with van der Waals surface area (Å²) in [6.07, 6.45) is -4.52. The number of nitrogens with two attached hydrogens (primary N) is 1. The summed E-state index contributed by atoms with van der Waals surface area (Å²) in [5, 5.41) is 6.65. The highest BCUT2D eigenvalue weighted by Gasteiger charge is 2.46. The van der Waals surface area contributed by atoms with Crippen LogP contribution in [0.4, 0.5) is 29.3 Å². The number of primary amides is 1. The number of ether oxygens (including phenoxy) is 1. The minimum absolute atomic E-state index is 0.0341. The van der Waals surface area contributed by atoms with Crippen LogP contribution in [-0.2, 0) is 16.1 Å². The van der Waals surface area contributed by atoms with Gasteiger partial charge in [0, 0.05) is 24.2 Å². The van der Waals surface area contributed by atoms with Crippen molar-refractivity contribution in [3.63, 3.8) is 0 Å². The molecule has 0 bridgehead atoms. The van der Waals surface area contributed by atoms with Crippen LogP contribution in [0.1, 0.15) is 18.4 Å². The van der Waals surface area contributed by atoms with Crippen molar-refractivity contribution in [2.45, 2.75) is 43.8 Å². The van der Waals surface area contributed by atoms with Crippen molar-refractivity contribution in [1.29, 1.82) is 0 Å². The molecule has 200 valence electrons. The lowest BCUT2D eigenvalue weighted by atomic mass is 10.0. The van der Waals surface area contributed by atoms with Gasteiger partial charge in [0.2, 0.25) is 0 Å². The second-order valence-electron chi connectivity index (χ2n) is 9.30. The van der Waals surface area contributed by atoms with Crippen LogP contribution >= 0.6 is 11.6 Å². The number of hydrogen-bond donors (Lipinski definition) is 3. The monoisotopic (exact) mass is 539 g/mol. The number of esters is 1. The second kappa shape index (κ2) is 11.6. The molecule has 2 aliphatic heterocycles. The van der Waals surface area contributed by atoms with E-state index in [9.17, 15) is 22.8 Å². The Bertz CT molecular complexity index is 1090. The number of anilines is 2. The lowest BCUT2D eigenvalue weighted by molar-refractivity contribution is -0.204. The van der Waals surface area contributed by atoms with Crippen LogP contribution in [0.3, 0.4) is 0 Å². The maximum absolute atomic E-state index is 13.0. The molecule has 0 aliphatic carbocycles. The number of halogens is 4. The second-order valence-corrected chi connectivity index (χ2v) is 9.74. The third kappa shape index (κ3) is 7.27. The molecule has 2 unspecified atom stereocenters. The zero-order valence-electron chi connectivity index (χ0n) is 20.0. The molecule has 12 heteroatoms. The lowest BCUT2D eigenvalue weighted by Crippen LogP contribution is -2.51. The molecule has 0 radical (unpaired) electrons. The van der Waals surface area contributed by atoms with Gasteiger partial charge in [0.25, 0.3) is 0 Å². The average molecular weight is 540 g/mol. The molecule has 0 spiro atoms. The number of para-hydroxylation sites is 2. The molecule has 8 nitrogen and oxygen atoms in total. The van der Waals surface area contributed by atoms with Gasteiger partial charge in [-0.3, -0.25) is 4.90 Å². The number of carbonyl (C=O) groups excluding carboxylic acids is 2. The molecule has 37 heavy (non-hydrogen) atoms. The number of likely N-dealkylation sites (tertiary alicyclic amines) is 1. The molecule has 2 saturated heterocycles. The fourth-order valence-corrected chi connectivity index (χ4v) is 4.98. The molecular formula is C25H29ClF3N5O3. The van der Waals surface area contributed by atoms with E-state index in [4.69, 9.17) is 22.1 Å². The highest BCUT2D eigenvalue weighted by molar-refractivity contribution is 6.30. The zero-order chi connectivity index (χ0) is 26.6. The maximum Gasteiger partial charge on any atom is 0.490 e. The summed E-state index contributed by atoms with van der Waals surface area (Å²) in [5.41, 5.74) is 7.43. The number of alkyl halides is 3. The molecule has 0 aromatic heterocycles. The molecule has 4 rings (SSSR count). The van der Waals surface area contributed by atoms with Gasteiger partial charge in [-0.2, -0.15) is 13.2 Å². The van der Waals surface area contributed by atoms with Crippen molar-refractivity contribution < 1.29 is 27.5 Å². The van der Waals surface area contributed by atoms with Crippen LogP contribution in [0.5, 0.6) is 0 Å². The number of piperidine rings is 1. The first-order chi connectivity index (χ1) is 17.6. The Balaban J connectivity index is 1.41. The molecule has 2 heterocycles. The highest BCUT2D eigenvalue weighted by atomic mass is 35.5. The summed E-state index contributed by atoms with van der Waals surface area (Å²) >= 11 is 5.96. The van der Waals surface area contributed by atoms with Crippen LogP contribution in [0, 0.1) is 0 Å². The van der Waals surface area contributed by atoms with Gasteiger partial charge in [0.1, 0.15) is 6.10 Å². The predicted octanol–water partition coefficient (Wildman–Crippen LogP) is 3.75. The Morgan fingerprint density at radius 3 is 2.38 bits per heavy atom. The quantitative estimate of drug-likeness (QED) is 0.464. The predicted molar refractivity (Wildman–Crippen MR) is 134 cm³/mol. The molecule has 2 aliphatic rings. The fraction of sp³-hybridized carbons (Fsp3) is 0.440. The third-order valence-corrected chi connectivity index (χ3v) is 6.87. The summed E-state index contributed by atoms with van der Waals surface area (Å²) in [4.78, 5) is 27.2. The van der Waals surface area contributed by atoms with Crippen LogP contribution in [0.15, 0.2) is 48.5 Å². The SMILES string of the molecule is NC(=O)Nc1ccccc1N1CC(NC2CCN(Cc3ccc(Cl)cc3)CC2)C(OC(=O)C(F)(F)F)C1. The van der Waals surface area contributed by atoms with Crippen LogP contribution in [-0.4, -0.2) is 67.4 Å². The first-order valence-corrected chi connectivity index (χ1v) is 12.4. The zero-order valence-corrected chi connectivity index (χ0v) is 20.8. The molecule has 2 aromatic carbocycles. The normalized spacial score (nSPS) is 21.1. The van der Waals surface area contributed by atoms with Crippen molar-refractivity contribution in [1.82, 2.24) is 10.2 Å². The number of nitrogens with one attached hydrogen (secondary N) is 2. The number of benzene rings is 2. The number of amides is 2. The molecule has 2 fully saturated rings. The highest BCUT2D eigenvalue weighted by Crippen LogP contribution is 2.31. The number of rotatable bonds is 7. The van der Waals surface area contributed by atoms with E-state index in [0.29, 0.717) is 16.4 Å². The molecular weight excluding hydrogens is 511 g/mol. The Kier molecular flexibility index (Phi) is 8.46. The van der Waals surface area contributed by atoms with Gasteiger partial charge in [0.05, 0.1) is 24.0 Å². The first-order valence-electron chi connectivity index (χ1n) is 12.0. The van der Waals surface area contributed by atoms with Crippen molar-refractivity contribution >= 4 is 35.0 Å². The van der Waals surface area contributed by atoms with Gasteiger partial charge in [-0.05, 0) is 55.8 Å². The third-order valence-electron chi connectivity index (χ3n) is 6.62. The van der Waals surface area contributed by atoms with E-state index < -0.39 is 30.3 Å². The van der Waals surface area contributed by atoms with Crippen molar-refractivity contribution in [3.05, 3.63) is 59.1 Å². The van der Waals surface area contributed by atoms with Crippen molar-refractivity contribution in [2.24, 2.45) is 5.73 Å². The summed E-state index contributed by atoms with van der Waals surface area (Å²) in [5.74, 6) is -2.22. The van der Waals surface area contributed by atoms with Gasteiger partial charge >= 0.3 is 18.2 Å². The topological polar surface area (TPSA) is 99.9 Å². The van der Waals surface area contributed by atoms with E-state index in [2.05, 4.69) is 15.5 Å². The number of nitrogens with zero attached hydrogens (tertiary/aromatic N) is 2. The minimum Gasteiger partial charge on any atom is -0.452 e. The number of hydrogen-bond acceptors (Lipinski definition) is 6. The first kappa shape index (κ1) is 27.0. The van der Waals surface area contributed by atoms with Gasteiger partial charge in [0.15, 0.2) is 0 Å². The smallest absolute Gasteiger partial charge is 0.452 e. The molecule has 2 amide bonds. The van der Waals surface area contributed by atoms with E-state index >= 15 is 0 Å². The summed E-state index contributed by atoms with van der Waals surface area (Å²) in [6.45, 7) is 2.74. The van der Waals surface area contributed by atoms with E-state index in [1.54, 1.807) is 29.2 Å². The van der Waals surface area contributed by atoms with Gasteiger partial charge in [-0.25, -0.2) is 9.59 Å². The number of urea groups is 1. The van der Waals surface area contributed by atoms with Crippen LogP contribution < -0.4 is 21.3 Å². The molecule has 0 saturated carbocycles. The molecule has 2 aromatic rings. The van der Waals surface area contributed by atoms with Gasteiger partial charge in [-0.1, -0.05) is 35.9 Å². The van der Waals surface area contributed by atoms with Crippen LogP contribution in [0.2, 0.25) is 5.02 Å². The lowest BCUT2D eigenvalue weighted by Gasteiger charge is -2.34. The van der Waals surface area contributed by atoms with Gasteiger partial charge in [-0.15, -0.1) is 0 Å². The van der Waals surface area contributed by atoms with E-state index in [1.165, 1.54) is 0 Å². The van der Waals surface area contributed by atoms with E-state index in [0.717, 1.165) is 38.0 Å². The summed E-state index contributed by atoms with van der Waals surface area (Å²) < 4.78 is 43.8. The minimum atomic E-state index is -5.09. The largest absolute Gasteiger partial charge is 0.490 e. The van der Waals surface area contributed by atoms with Crippen molar-refractivity contribution in [2.75, 3.05) is 36.4 Å². The summed E-state index contributed by atoms with van der Waals surface area (Å²) in [7, 11) is 0. The Morgan fingerprint density at radius 1 is 1.05 bits per heavy atom. The van der Waals surface area contributed by atoms with E-state index in [1.807, 2.05) is 24.3 Å². The van der Waals surface area contributed by atoms with Crippen molar-refractivity contribution in [3.8, 4) is 0 Å². The molecule has 2 atom stereocenters. The summed E-state index contributed by atoms with van der Waals surface area (Å²) in [6, 6.07) is 13.3. The van der Waals surface area contributed by atoms with Crippen LogP contribution in [0.25, 0.3) is 0 Å². The van der Waals surface area contributed by atoms with Gasteiger partial charge < -0.3 is 26.0 Å². The Morgan fingerprint density at radius 2 is 1.73 bits per heavy atom. The average Bonchev–Trinajstić information content (AvgIpc) is 3.23. The Hall–Kier alpha value is -3.02. The van der Waals surface area contributed by atoms with E-state index in [-0.39, 0.29) is 19.1 Å². The molecule has 4 N–H and O–H groups in total. The standard InChI is InChI=1S/C25H29ClF3N5O3/c26-17-7-5-16(6-8-17)13-33-11-9-18(10-12-33)31-20-14-34(15-22(20)37-23(35)25(27,28)29)21-4-2-1-3-19(21)32-24(30)36/h1-8,18,20,22,31H,9-15H2,(H3,30,32,36). The Labute approximate surface area is 217 Å². The maximum atomic E-state index is 13.0. The fourth-order valence-electron chi connectivity index (χ4n) is 4.85.